The van der Waals surface area contributed by atoms with Crippen LogP contribution in [0.1, 0.15) is 78.1 Å². The zero-order valence-corrected chi connectivity index (χ0v) is 16.0. The minimum absolute atomic E-state index is 0.303. The quantitative estimate of drug-likeness (QED) is 0.441. The number of anilines is 1. The number of hydrazine groups is 1. The number of carbonyl (C=O) groups excluding carboxylic acids is 2. The molecule has 1 N–H and O–H groups in total. The third kappa shape index (κ3) is 4.76. The monoisotopic (exact) mass is 364 g/mol. The van der Waals surface area contributed by atoms with Crippen molar-refractivity contribution in [3.8, 4) is 0 Å². The van der Waals surface area contributed by atoms with Gasteiger partial charge in [-0.3, -0.25) is 15.0 Å². The summed E-state index contributed by atoms with van der Waals surface area (Å²) in [4.78, 5) is 24.8. The summed E-state index contributed by atoms with van der Waals surface area (Å²) < 4.78 is 0. The minimum atomic E-state index is -0.303. The van der Waals surface area contributed by atoms with Gasteiger partial charge in [-0.1, -0.05) is 69.7 Å². The molecule has 3 rings (SSSR count). The largest absolute Gasteiger partial charge is 0.288 e. The van der Waals surface area contributed by atoms with Gasteiger partial charge in [-0.15, -0.1) is 0 Å². The Morgan fingerprint density at radius 1 is 0.741 bits per heavy atom. The lowest BCUT2D eigenvalue weighted by molar-refractivity contribution is 0.0691. The molecule has 0 fully saturated rings. The van der Waals surface area contributed by atoms with Crippen LogP contribution in [0.2, 0.25) is 0 Å². The molecule has 0 radical (unpaired) electrons. The first-order valence-corrected chi connectivity index (χ1v) is 10.0. The average Bonchev–Trinajstić information content (AvgIpc) is 2.94. The topological polar surface area (TPSA) is 49.4 Å². The number of rotatable bonds is 10. The SMILES string of the molecule is CCCCCCCCCc1ccc(NN2C(=O)c3ccccc3C2=O)cc1. The van der Waals surface area contributed by atoms with E-state index in [-0.39, 0.29) is 11.8 Å². The molecule has 0 aromatic heterocycles. The molecule has 4 heteroatoms. The van der Waals surface area contributed by atoms with E-state index in [4.69, 9.17) is 0 Å². The van der Waals surface area contributed by atoms with Gasteiger partial charge in [0, 0.05) is 0 Å². The fraction of sp³-hybridized carbons (Fsp3) is 0.391. The number of imide groups is 1. The van der Waals surface area contributed by atoms with Crippen LogP contribution in [0.3, 0.4) is 0 Å². The number of hydrogen-bond acceptors (Lipinski definition) is 3. The number of nitrogens with one attached hydrogen (secondary N) is 1. The highest BCUT2D eigenvalue weighted by Gasteiger charge is 2.35. The second-order valence-electron chi connectivity index (χ2n) is 7.17. The summed E-state index contributed by atoms with van der Waals surface area (Å²) in [6.07, 6.45) is 10.2. The Hall–Kier alpha value is -2.62. The fourth-order valence-electron chi connectivity index (χ4n) is 3.45. The molecule has 0 spiro atoms. The van der Waals surface area contributed by atoms with E-state index in [1.165, 1.54) is 50.5 Å². The molecule has 0 unspecified atom stereocenters. The molecule has 2 amide bonds. The van der Waals surface area contributed by atoms with Gasteiger partial charge in [-0.05, 0) is 42.7 Å². The average molecular weight is 364 g/mol. The molecule has 1 aliphatic rings. The van der Waals surface area contributed by atoms with Gasteiger partial charge in [0.1, 0.15) is 0 Å². The molecule has 0 saturated heterocycles. The van der Waals surface area contributed by atoms with Crippen LogP contribution in [0.4, 0.5) is 5.69 Å². The number of fused-ring (bicyclic) bond motifs is 1. The van der Waals surface area contributed by atoms with Crippen LogP contribution in [0.25, 0.3) is 0 Å². The summed E-state index contributed by atoms with van der Waals surface area (Å²) in [6, 6.07) is 14.9. The predicted molar refractivity (Wildman–Crippen MR) is 109 cm³/mol. The summed E-state index contributed by atoms with van der Waals surface area (Å²) in [5.41, 5.74) is 5.88. The number of nitrogens with zero attached hydrogens (tertiary/aromatic N) is 1. The van der Waals surface area contributed by atoms with Crippen LogP contribution < -0.4 is 5.43 Å². The molecule has 27 heavy (non-hydrogen) atoms. The maximum absolute atomic E-state index is 12.4. The molecule has 142 valence electrons. The summed E-state index contributed by atoms with van der Waals surface area (Å²) in [6.45, 7) is 2.24. The second kappa shape index (κ2) is 9.36. The summed E-state index contributed by atoms with van der Waals surface area (Å²) in [5, 5.41) is 1.09. The van der Waals surface area contributed by atoms with Crippen molar-refractivity contribution in [2.24, 2.45) is 0 Å². The van der Waals surface area contributed by atoms with E-state index >= 15 is 0 Å². The van der Waals surface area contributed by atoms with Crippen molar-refractivity contribution in [1.29, 1.82) is 0 Å². The van der Waals surface area contributed by atoms with Gasteiger partial charge < -0.3 is 0 Å². The molecule has 0 saturated carbocycles. The molecule has 0 aliphatic carbocycles. The molecule has 0 atom stereocenters. The first-order chi connectivity index (χ1) is 13.2. The minimum Gasteiger partial charge on any atom is -0.288 e. The maximum Gasteiger partial charge on any atom is 0.280 e. The number of aryl methyl sites for hydroxylation is 1. The van der Waals surface area contributed by atoms with Crippen molar-refractivity contribution >= 4 is 17.5 Å². The fourth-order valence-corrected chi connectivity index (χ4v) is 3.45. The molecule has 1 heterocycles. The summed E-state index contributed by atoms with van der Waals surface area (Å²) in [5.74, 6) is -0.606. The zero-order valence-electron chi connectivity index (χ0n) is 16.0. The van der Waals surface area contributed by atoms with Crippen molar-refractivity contribution in [3.05, 3.63) is 65.2 Å². The highest BCUT2D eigenvalue weighted by molar-refractivity contribution is 6.21. The van der Waals surface area contributed by atoms with Gasteiger partial charge in [0.15, 0.2) is 0 Å². The standard InChI is InChI=1S/C23H28N2O2/c1-2-3-4-5-6-7-8-11-18-14-16-19(17-15-18)24-25-22(26)20-12-9-10-13-21(20)23(25)27/h9-10,12-17,24H,2-8,11H2,1H3. The number of benzene rings is 2. The van der Waals surface area contributed by atoms with Crippen molar-refractivity contribution in [3.63, 3.8) is 0 Å². The number of amides is 2. The Balaban J connectivity index is 1.47. The Morgan fingerprint density at radius 3 is 1.89 bits per heavy atom. The van der Waals surface area contributed by atoms with E-state index in [0.29, 0.717) is 11.1 Å². The number of carbonyl (C=O) groups is 2. The Morgan fingerprint density at radius 2 is 1.30 bits per heavy atom. The van der Waals surface area contributed by atoms with Gasteiger partial charge in [0.25, 0.3) is 11.8 Å². The van der Waals surface area contributed by atoms with Crippen LogP contribution in [0, 0.1) is 0 Å². The lowest BCUT2D eigenvalue weighted by atomic mass is 10.0. The van der Waals surface area contributed by atoms with E-state index in [9.17, 15) is 9.59 Å². The summed E-state index contributed by atoms with van der Waals surface area (Å²) in [7, 11) is 0. The van der Waals surface area contributed by atoms with Crippen LogP contribution in [0.5, 0.6) is 0 Å². The highest BCUT2D eigenvalue weighted by Crippen LogP contribution is 2.23. The molecule has 2 aromatic carbocycles. The van der Waals surface area contributed by atoms with Gasteiger partial charge in [0.05, 0.1) is 16.8 Å². The van der Waals surface area contributed by atoms with Crippen molar-refractivity contribution in [1.82, 2.24) is 5.01 Å². The van der Waals surface area contributed by atoms with Gasteiger partial charge in [-0.2, -0.15) is 5.01 Å². The lowest BCUT2D eigenvalue weighted by Gasteiger charge is -2.16. The van der Waals surface area contributed by atoms with Crippen molar-refractivity contribution in [2.75, 3.05) is 5.43 Å². The maximum atomic E-state index is 12.4. The Kier molecular flexibility index (Phi) is 6.64. The van der Waals surface area contributed by atoms with Crippen LogP contribution in [-0.4, -0.2) is 16.8 Å². The van der Waals surface area contributed by atoms with Gasteiger partial charge in [-0.25, -0.2) is 0 Å². The van der Waals surface area contributed by atoms with Crippen molar-refractivity contribution in [2.45, 2.75) is 58.3 Å². The van der Waals surface area contributed by atoms with Gasteiger partial charge >= 0.3 is 0 Å². The molecular weight excluding hydrogens is 336 g/mol. The number of hydrogen-bond donors (Lipinski definition) is 1. The van der Waals surface area contributed by atoms with Crippen LogP contribution in [-0.2, 0) is 6.42 Å². The van der Waals surface area contributed by atoms with E-state index < -0.39 is 0 Å². The zero-order chi connectivity index (χ0) is 19.1. The molecule has 2 aromatic rings. The first-order valence-electron chi connectivity index (χ1n) is 10.0. The predicted octanol–water partition coefficient (Wildman–Crippen LogP) is 5.60. The molecule has 0 bridgehead atoms. The summed E-state index contributed by atoms with van der Waals surface area (Å²) >= 11 is 0. The van der Waals surface area contributed by atoms with Crippen molar-refractivity contribution < 1.29 is 9.59 Å². The Bertz CT molecular complexity index is 748. The third-order valence-corrected chi connectivity index (χ3v) is 5.06. The van der Waals surface area contributed by atoms with Crippen LogP contribution >= 0.6 is 0 Å². The smallest absolute Gasteiger partial charge is 0.280 e. The van der Waals surface area contributed by atoms with Gasteiger partial charge in [0.2, 0.25) is 0 Å². The van der Waals surface area contributed by atoms with E-state index in [0.717, 1.165) is 17.1 Å². The van der Waals surface area contributed by atoms with E-state index in [1.54, 1.807) is 24.3 Å². The van der Waals surface area contributed by atoms with E-state index in [1.807, 2.05) is 12.1 Å². The first kappa shape index (κ1) is 19.2. The lowest BCUT2D eigenvalue weighted by Crippen LogP contribution is -2.35. The molecular formula is C23H28N2O2. The number of unbranched alkanes of at least 4 members (excludes halogenated alkanes) is 6. The highest BCUT2D eigenvalue weighted by atomic mass is 16.2. The molecule has 1 aliphatic heterocycles. The second-order valence-corrected chi connectivity index (χ2v) is 7.17. The molecule has 4 nitrogen and oxygen atoms in total. The van der Waals surface area contributed by atoms with Crippen LogP contribution in [0.15, 0.2) is 48.5 Å². The normalized spacial score (nSPS) is 13.1. The Labute approximate surface area is 161 Å². The van der Waals surface area contributed by atoms with E-state index in [2.05, 4.69) is 24.5 Å². The third-order valence-electron chi connectivity index (χ3n) is 5.06.